The van der Waals surface area contributed by atoms with Crippen LogP contribution in [0.1, 0.15) is 25.1 Å². The van der Waals surface area contributed by atoms with Gasteiger partial charge in [-0.15, -0.1) is 0 Å². The molecule has 3 aromatic rings. The van der Waals surface area contributed by atoms with Crippen molar-refractivity contribution in [3.8, 4) is 5.75 Å². The molecule has 25 heavy (non-hydrogen) atoms. The fraction of sp³-hybridized carbons (Fsp3) is 0.250. The number of rotatable bonds is 5. The number of nitrogens with one attached hydrogen (secondary N) is 2. The number of aromatic nitrogens is 1. The molecular weight excluding hydrogens is 319 g/mol. The number of H-pyrrole nitrogens is 1. The molecular formula is C20H21FN2O2. The number of anilines is 1. The summed E-state index contributed by atoms with van der Waals surface area (Å²) in [5.74, 6) is 0.143. The second-order valence-corrected chi connectivity index (χ2v) is 6.31. The molecule has 4 nitrogen and oxygen atoms in total. The van der Waals surface area contributed by atoms with Gasteiger partial charge >= 0.3 is 0 Å². The summed E-state index contributed by atoms with van der Waals surface area (Å²) >= 11 is 0. The van der Waals surface area contributed by atoms with E-state index in [0.717, 1.165) is 22.2 Å². The van der Waals surface area contributed by atoms with Crippen LogP contribution in [0.25, 0.3) is 10.9 Å². The third-order valence-corrected chi connectivity index (χ3v) is 3.94. The van der Waals surface area contributed by atoms with E-state index in [2.05, 4.69) is 10.3 Å². The Morgan fingerprint density at radius 1 is 1.24 bits per heavy atom. The normalized spacial score (nSPS) is 11.1. The van der Waals surface area contributed by atoms with Crippen molar-refractivity contribution in [3.05, 3.63) is 59.5 Å². The second kappa shape index (κ2) is 6.97. The molecule has 0 radical (unpaired) electrons. The van der Waals surface area contributed by atoms with Crippen LogP contribution in [0.15, 0.2) is 42.5 Å². The molecule has 5 heteroatoms. The van der Waals surface area contributed by atoms with Crippen LogP contribution >= 0.6 is 0 Å². The van der Waals surface area contributed by atoms with E-state index in [1.807, 2.05) is 39.0 Å². The fourth-order valence-electron chi connectivity index (χ4n) is 2.86. The first-order valence-electron chi connectivity index (χ1n) is 8.26. The van der Waals surface area contributed by atoms with Crippen molar-refractivity contribution in [1.82, 2.24) is 4.98 Å². The predicted molar refractivity (Wildman–Crippen MR) is 97.5 cm³/mol. The number of hydrogen-bond donors (Lipinski definition) is 2. The van der Waals surface area contributed by atoms with Gasteiger partial charge in [0.1, 0.15) is 11.6 Å². The highest BCUT2D eigenvalue weighted by Crippen LogP contribution is 2.27. The van der Waals surface area contributed by atoms with Gasteiger partial charge < -0.3 is 15.0 Å². The average molecular weight is 340 g/mol. The molecule has 0 saturated carbocycles. The van der Waals surface area contributed by atoms with Crippen LogP contribution in [-0.2, 0) is 11.2 Å². The number of aromatic amines is 1. The first-order valence-corrected chi connectivity index (χ1v) is 8.26. The SMILES string of the molecule is Cc1[nH]c2ccc(F)cc2c1CC(=O)Nc1ccccc1OC(C)C. The quantitative estimate of drug-likeness (QED) is 0.714. The van der Waals surface area contributed by atoms with Crippen molar-refractivity contribution >= 4 is 22.5 Å². The van der Waals surface area contributed by atoms with Gasteiger partial charge in [-0.3, -0.25) is 4.79 Å². The Morgan fingerprint density at radius 3 is 2.76 bits per heavy atom. The lowest BCUT2D eigenvalue weighted by Crippen LogP contribution is -2.16. The van der Waals surface area contributed by atoms with Crippen molar-refractivity contribution in [1.29, 1.82) is 0 Å². The zero-order valence-corrected chi connectivity index (χ0v) is 14.5. The van der Waals surface area contributed by atoms with E-state index in [1.165, 1.54) is 12.1 Å². The van der Waals surface area contributed by atoms with E-state index in [-0.39, 0.29) is 24.2 Å². The van der Waals surface area contributed by atoms with Gasteiger partial charge in [0.2, 0.25) is 5.91 Å². The maximum Gasteiger partial charge on any atom is 0.228 e. The molecule has 0 bridgehead atoms. The minimum Gasteiger partial charge on any atom is -0.489 e. The number of benzene rings is 2. The number of halogens is 1. The number of carbonyl (C=O) groups is 1. The zero-order valence-electron chi connectivity index (χ0n) is 14.5. The van der Waals surface area contributed by atoms with E-state index < -0.39 is 0 Å². The van der Waals surface area contributed by atoms with Crippen molar-refractivity contribution < 1.29 is 13.9 Å². The summed E-state index contributed by atoms with van der Waals surface area (Å²) in [7, 11) is 0. The number of ether oxygens (including phenoxy) is 1. The molecule has 2 N–H and O–H groups in total. The van der Waals surface area contributed by atoms with Crippen LogP contribution in [0.4, 0.5) is 10.1 Å². The van der Waals surface area contributed by atoms with Crippen LogP contribution < -0.4 is 10.1 Å². The van der Waals surface area contributed by atoms with Gasteiger partial charge in [-0.25, -0.2) is 4.39 Å². The third-order valence-electron chi connectivity index (χ3n) is 3.94. The lowest BCUT2D eigenvalue weighted by molar-refractivity contribution is -0.115. The lowest BCUT2D eigenvalue weighted by Gasteiger charge is -2.14. The molecule has 0 fully saturated rings. The third kappa shape index (κ3) is 3.82. The zero-order chi connectivity index (χ0) is 18.0. The van der Waals surface area contributed by atoms with E-state index in [9.17, 15) is 9.18 Å². The fourth-order valence-corrected chi connectivity index (χ4v) is 2.86. The smallest absolute Gasteiger partial charge is 0.228 e. The number of para-hydroxylation sites is 2. The molecule has 0 unspecified atom stereocenters. The topological polar surface area (TPSA) is 54.1 Å². The van der Waals surface area contributed by atoms with Gasteiger partial charge in [0, 0.05) is 16.6 Å². The number of amides is 1. The van der Waals surface area contributed by atoms with E-state index in [0.29, 0.717) is 11.4 Å². The molecule has 1 heterocycles. The Bertz CT molecular complexity index is 915. The maximum atomic E-state index is 13.6. The van der Waals surface area contributed by atoms with Crippen LogP contribution in [0.3, 0.4) is 0 Å². The summed E-state index contributed by atoms with van der Waals surface area (Å²) in [6, 6.07) is 11.9. The Labute approximate surface area is 146 Å². The molecule has 0 spiro atoms. The Morgan fingerprint density at radius 2 is 2.00 bits per heavy atom. The van der Waals surface area contributed by atoms with Crippen LogP contribution in [0.5, 0.6) is 5.75 Å². The molecule has 2 aromatic carbocycles. The first-order chi connectivity index (χ1) is 11.9. The van der Waals surface area contributed by atoms with E-state index >= 15 is 0 Å². The Hall–Kier alpha value is -2.82. The molecule has 0 aliphatic rings. The highest BCUT2D eigenvalue weighted by atomic mass is 19.1. The minimum absolute atomic E-state index is 0.0110. The largest absolute Gasteiger partial charge is 0.489 e. The summed E-state index contributed by atoms with van der Waals surface area (Å²) in [6.45, 7) is 5.75. The number of fused-ring (bicyclic) bond motifs is 1. The number of aryl methyl sites for hydroxylation is 1. The summed E-state index contributed by atoms with van der Waals surface area (Å²) in [6.07, 6.45) is 0.169. The standard InChI is InChI=1S/C20H21FN2O2/c1-12(2)25-19-7-5-4-6-18(19)23-20(24)11-15-13(3)22-17-9-8-14(21)10-16(15)17/h4-10,12,22H,11H2,1-3H3,(H,23,24). The second-order valence-electron chi connectivity index (χ2n) is 6.31. The predicted octanol–water partition coefficient (Wildman–Crippen LogP) is 4.58. The molecule has 3 rings (SSSR count). The summed E-state index contributed by atoms with van der Waals surface area (Å²) in [5.41, 5.74) is 3.12. The van der Waals surface area contributed by atoms with Gasteiger partial charge in [0.25, 0.3) is 0 Å². The molecule has 0 aliphatic heterocycles. The minimum atomic E-state index is -0.316. The highest BCUT2D eigenvalue weighted by molar-refractivity contribution is 5.97. The van der Waals surface area contributed by atoms with E-state index in [1.54, 1.807) is 12.1 Å². The van der Waals surface area contributed by atoms with Crippen molar-refractivity contribution in [2.24, 2.45) is 0 Å². The lowest BCUT2D eigenvalue weighted by atomic mass is 10.1. The van der Waals surface area contributed by atoms with Crippen LogP contribution in [0, 0.1) is 12.7 Å². The Kier molecular flexibility index (Phi) is 4.74. The molecule has 1 aromatic heterocycles. The van der Waals surface area contributed by atoms with Crippen molar-refractivity contribution in [3.63, 3.8) is 0 Å². The summed E-state index contributed by atoms with van der Waals surface area (Å²) < 4.78 is 19.3. The number of hydrogen-bond acceptors (Lipinski definition) is 2. The first kappa shape index (κ1) is 17.0. The summed E-state index contributed by atoms with van der Waals surface area (Å²) in [4.78, 5) is 15.7. The monoisotopic (exact) mass is 340 g/mol. The van der Waals surface area contributed by atoms with Crippen LogP contribution in [-0.4, -0.2) is 17.0 Å². The number of carbonyl (C=O) groups excluding carboxylic acids is 1. The molecule has 0 aliphatic carbocycles. The molecule has 0 atom stereocenters. The average Bonchev–Trinajstić information content (AvgIpc) is 2.84. The molecule has 130 valence electrons. The maximum absolute atomic E-state index is 13.6. The van der Waals surface area contributed by atoms with Gasteiger partial charge in [0.05, 0.1) is 18.2 Å². The van der Waals surface area contributed by atoms with Crippen molar-refractivity contribution in [2.75, 3.05) is 5.32 Å². The van der Waals surface area contributed by atoms with Gasteiger partial charge in [-0.05, 0) is 56.7 Å². The van der Waals surface area contributed by atoms with Gasteiger partial charge in [-0.2, -0.15) is 0 Å². The van der Waals surface area contributed by atoms with E-state index in [4.69, 9.17) is 4.74 Å². The molecule has 1 amide bonds. The van der Waals surface area contributed by atoms with Gasteiger partial charge in [-0.1, -0.05) is 12.1 Å². The highest BCUT2D eigenvalue weighted by Gasteiger charge is 2.15. The Balaban J connectivity index is 1.82. The molecule has 0 saturated heterocycles. The summed E-state index contributed by atoms with van der Waals surface area (Å²) in [5, 5.41) is 3.62. The van der Waals surface area contributed by atoms with Crippen molar-refractivity contribution in [2.45, 2.75) is 33.3 Å². The van der Waals surface area contributed by atoms with Crippen LogP contribution in [0.2, 0.25) is 0 Å². The van der Waals surface area contributed by atoms with Gasteiger partial charge in [0.15, 0.2) is 0 Å².